The standard InChI is InChI=1S/C14H10BrCl2N/c15-11-7-10(16)6-9-4-3-8-2-1-5-18-14(8)13(17)12(9)11/h1-2,5-7,13H,3-4H2. The van der Waals surface area contributed by atoms with Gasteiger partial charge in [0.05, 0.1) is 5.69 Å². The molecule has 1 atom stereocenters. The van der Waals surface area contributed by atoms with Gasteiger partial charge in [-0.3, -0.25) is 4.98 Å². The van der Waals surface area contributed by atoms with E-state index in [1.807, 2.05) is 18.2 Å². The lowest BCUT2D eigenvalue weighted by atomic mass is 10.0. The summed E-state index contributed by atoms with van der Waals surface area (Å²) in [6.07, 6.45) is 3.69. The van der Waals surface area contributed by atoms with Crippen LogP contribution in [0, 0.1) is 0 Å². The molecule has 0 N–H and O–H groups in total. The van der Waals surface area contributed by atoms with Gasteiger partial charge in [-0.05, 0) is 47.7 Å². The van der Waals surface area contributed by atoms with Gasteiger partial charge in [0, 0.05) is 15.7 Å². The molecule has 92 valence electrons. The van der Waals surface area contributed by atoms with Gasteiger partial charge in [-0.25, -0.2) is 0 Å². The fraction of sp³-hybridized carbons (Fsp3) is 0.214. The number of aromatic nitrogens is 1. The summed E-state index contributed by atoms with van der Waals surface area (Å²) in [6, 6.07) is 7.95. The molecule has 0 saturated heterocycles. The maximum atomic E-state index is 6.60. The minimum absolute atomic E-state index is 0.217. The largest absolute Gasteiger partial charge is 0.259 e. The SMILES string of the molecule is Clc1cc(Br)c2c(c1)CCc1cccnc1C2Cl. The average Bonchev–Trinajstić information content (AvgIpc) is 2.48. The molecule has 18 heavy (non-hydrogen) atoms. The molecule has 1 aliphatic carbocycles. The van der Waals surface area contributed by atoms with Gasteiger partial charge in [0.2, 0.25) is 0 Å². The van der Waals surface area contributed by atoms with Crippen LogP contribution in [0.25, 0.3) is 0 Å². The third-order valence-electron chi connectivity index (χ3n) is 3.26. The van der Waals surface area contributed by atoms with E-state index in [1.54, 1.807) is 6.20 Å². The molecule has 4 heteroatoms. The molecule has 1 nitrogen and oxygen atoms in total. The maximum Gasteiger partial charge on any atom is 0.102 e. The summed E-state index contributed by atoms with van der Waals surface area (Å²) >= 11 is 16.3. The molecule has 1 aliphatic rings. The number of hydrogen-bond donors (Lipinski definition) is 0. The Morgan fingerprint density at radius 3 is 2.83 bits per heavy atom. The van der Waals surface area contributed by atoms with Crippen molar-refractivity contribution in [2.75, 3.05) is 0 Å². The zero-order valence-corrected chi connectivity index (χ0v) is 12.6. The highest BCUT2D eigenvalue weighted by Crippen LogP contribution is 2.40. The summed E-state index contributed by atoms with van der Waals surface area (Å²) in [5.41, 5.74) is 4.48. The Morgan fingerprint density at radius 1 is 1.22 bits per heavy atom. The third kappa shape index (κ3) is 2.07. The van der Waals surface area contributed by atoms with Gasteiger partial charge in [0.1, 0.15) is 5.38 Å². The fourth-order valence-corrected chi connectivity index (χ4v) is 4.11. The quantitative estimate of drug-likeness (QED) is 0.619. The molecule has 1 aromatic heterocycles. The van der Waals surface area contributed by atoms with Crippen LogP contribution in [-0.4, -0.2) is 4.98 Å². The first-order chi connectivity index (χ1) is 8.66. The van der Waals surface area contributed by atoms with Gasteiger partial charge >= 0.3 is 0 Å². The van der Waals surface area contributed by atoms with E-state index in [0.29, 0.717) is 0 Å². The van der Waals surface area contributed by atoms with E-state index in [-0.39, 0.29) is 5.38 Å². The first-order valence-electron chi connectivity index (χ1n) is 5.72. The predicted octanol–water partition coefficient (Wildman–Crippen LogP) is 4.92. The van der Waals surface area contributed by atoms with Crippen molar-refractivity contribution in [3.8, 4) is 0 Å². The Labute approximate surface area is 124 Å². The number of pyridine rings is 1. The highest BCUT2D eigenvalue weighted by Gasteiger charge is 2.25. The summed E-state index contributed by atoms with van der Waals surface area (Å²) in [6.45, 7) is 0. The van der Waals surface area contributed by atoms with Gasteiger partial charge in [-0.1, -0.05) is 33.6 Å². The van der Waals surface area contributed by atoms with Gasteiger partial charge in [0.25, 0.3) is 0 Å². The van der Waals surface area contributed by atoms with Crippen LogP contribution in [-0.2, 0) is 12.8 Å². The molecule has 1 aromatic carbocycles. The van der Waals surface area contributed by atoms with Crippen LogP contribution in [0.4, 0.5) is 0 Å². The topological polar surface area (TPSA) is 12.9 Å². The van der Waals surface area contributed by atoms with Crippen LogP contribution in [0.3, 0.4) is 0 Å². The molecular weight excluding hydrogens is 333 g/mol. The number of fused-ring (bicyclic) bond motifs is 2. The number of alkyl halides is 1. The van der Waals surface area contributed by atoms with E-state index in [4.69, 9.17) is 23.2 Å². The Balaban J connectivity index is 2.22. The molecule has 0 amide bonds. The predicted molar refractivity (Wildman–Crippen MR) is 78.5 cm³/mol. The molecule has 0 fully saturated rings. The van der Waals surface area contributed by atoms with Crippen molar-refractivity contribution in [2.45, 2.75) is 18.2 Å². The Hall–Kier alpha value is -0.570. The minimum atomic E-state index is -0.217. The summed E-state index contributed by atoms with van der Waals surface area (Å²) in [5.74, 6) is 0. The van der Waals surface area contributed by atoms with Gasteiger partial charge < -0.3 is 0 Å². The van der Waals surface area contributed by atoms with Crippen molar-refractivity contribution in [3.63, 3.8) is 0 Å². The van der Waals surface area contributed by atoms with Crippen LogP contribution in [0.5, 0.6) is 0 Å². The first-order valence-corrected chi connectivity index (χ1v) is 7.33. The van der Waals surface area contributed by atoms with Crippen LogP contribution in [0.1, 0.15) is 27.8 Å². The number of hydrogen-bond acceptors (Lipinski definition) is 1. The van der Waals surface area contributed by atoms with E-state index >= 15 is 0 Å². The highest BCUT2D eigenvalue weighted by molar-refractivity contribution is 9.10. The first kappa shape index (κ1) is 12.5. The van der Waals surface area contributed by atoms with E-state index in [0.717, 1.165) is 33.6 Å². The second-order valence-electron chi connectivity index (χ2n) is 4.37. The number of rotatable bonds is 0. The summed E-state index contributed by atoms with van der Waals surface area (Å²) < 4.78 is 0.962. The Bertz CT molecular complexity index is 613. The number of aryl methyl sites for hydroxylation is 2. The normalized spacial score (nSPS) is 17.8. The average molecular weight is 343 g/mol. The molecule has 0 saturated carbocycles. The molecule has 0 spiro atoms. The van der Waals surface area contributed by atoms with E-state index in [1.165, 1.54) is 11.1 Å². The van der Waals surface area contributed by atoms with Crippen molar-refractivity contribution >= 4 is 39.1 Å². The fourth-order valence-electron chi connectivity index (χ4n) is 2.43. The molecule has 2 aromatic rings. The summed E-state index contributed by atoms with van der Waals surface area (Å²) in [4.78, 5) is 4.44. The lowest BCUT2D eigenvalue weighted by molar-refractivity contribution is 0.950. The van der Waals surface area contributed by atoms with Crippen molar-refractivity contribution in [2.24, 2.45) is 0 Å². The van der Waals surface area contributed by atoms with Crippen LogP contribution in [0.15, 0.2) is 34.9 Å². The molecule has 0 aliphatic heterocycles. The van der Waals surface area contributed by atoms with Crippen LogP contribution in [0.2, 0.25) is 5.02 Å². The smallest absolute Gasteiger partial charge is 0.102 e. The molecule has 1 heterocycles. The van der Waals surface area contributed by atoms with Crippen molar-refractivity contribution in [3.05, 3.63) is 62.3 Å². The lowest BCUT2D eigenvalue weighted by Crippen LogP contribution is -2.00. The molecular formula is C14H10BrCl2N. The number of halogens is 3. The van der Waals surface area contributed by atoms with Gasteiger partial charge in [0.15, 0.2) is 0 Å². The van der Waals surface area contributed by atoms with Crippen LogP contribution < -0.4 is 0 Å². The maximum absolute atomic E-state index is 6.60. The lowest BCUT2D eigenvalue weighted by Gasteiger charge is -2.14. The Kier molecular flexibility index (Phi) is 3.35. The summed E-state index contributed by atoms with van der Waals surface area (Å²) in [7, 11) is 0. The van der Waals surface area contributed by atoms with Crippen molar-refractivity contribution in [1.29, 1.82) is 0 Å². The Morgan fingerprint density at radius 2 is 2.00 bits per heavy atom. The minimum Gasteiger partial charge on any atom is -0.259 e. The van der Waals surface area contributed by atoms with E-state index < -0.39 is 0 Å². The second-order valence-corrected chi connectivity index (χ2v) is 6.10. The van der Waals surface area contributed by atoms with Crippen molar-refractivity contribution in [1.82, 2.24) is 4.98 Å². The monoisotopic (exact) mass is 341 g/mol. The highest BCUT2D eigenvalue weighted by atomic mass is 79.9. The summed E-state index contributed by atoms with van der Waals surface area (Å²) in [5, 5.41) is 0.522. The van der Waals surface area contributed by atoms with E-state index in [2.05, 4.69) is 27.0 Å². The molecule has 3 rings (SSSR count). The van der Waals surface area contributed by atoms with Gasteiger partial charge in [-0.15, -0.1) is 11.6 Å². The molecule has 1 unspecified atom stereocenters. The molecule has 0 bridgehead atoms. The van der Waals surface area contributed by atoms with E-state index in [9.17, 15) is 0 Å². The second kappa shape index (κ2) is 4.84. The van der Waals surface area contributed by atoms with Crippen molar-refractivity contribution < 1.29 is 0 Å². The van der Waals surface area contributed by atoms with Gasteiger partial charge in [-0.2, -0.15) is 0 Å². The molecule has 0 radical (unpaired) electrons. The number of benzene rings is 1. The van der Waals surface area contributed by atoms with Crippen LogP contribution >= 0.6 is 39.1 Å². The third-order valence-corrected chi connectivity index (χ3v) is 4.56. The zero-order chi connectivity index (χ0) is 12.7. The number of nitrogens with zero attached hydrogens (tertiary/aromatic N) is 1. The zero-order valence-electron chi connectivity index (χ0n) is 9.46.